The van der Waals surface area contributed by atoms with Crippen LogP contribution in [0, 0.1) is 13.8 Å². The highest BCUT2D eigenvalue weighted by atomic mass is 32.1. The van der Waals surface area contributed by atoms with E-state index in [1.54, 1.807) is 10.9 Å². The molecular formula is C9H13N5S. The predicted molar refractivity (Wildman–Crippen MR) is 59.1 cm³/mol. The molecule has 0 saturated carbocycles. The molecular weight excluding hydrogens is 210 g/mol. The SMILES string of the molecule is Cc1nnc(-n2ncc(C(C)N)c2C)s1. The van der Waals surface area contributed by atoms with Crippen molar-refractivity contribution in [2.24, 2.45) is 5.73 Å². The Morgan fingerprint density at radius 2 is 2.13 bits per heavy atom. The van der Waals surface area contributed by atoms with Crippen molar-refractivity contribution >= 4 is 11.3 Å². The van der Waals surface area contributed by atoms with Crippen molar-refractivity contribution in [1.82, 2.24) is 20.0 Å². The summed E-state index contributed by atoms with van der Waals surface area (Å²) in [6.07, 6.45) is 1.79. The Labute approximate surface area is 91.9 Å². The van der Waals surface area contributed by atoms with Gasteiger partial charge in [-0.15, -0.1) is 10.2 Å². The fraction of sp³-hybridized carbons (Fsp3) is 0.444. The first kappa shape index (κ1) is 10.3. The summed E-state index contributed by atoms with van der Waals surface area (Å²) < 4.78 is 1.78. The Hall–Kier alpha value is -1.27. The van der Waals surface area contributed by atoms with Gasteiger partial charge in [-0.2, -0.15) is 5.10 Å². The molecule has 0 aromatic carbocycles. The van der Waals surface area contributed by atoms with Gasteiger partial charge in [-0.1, -0.05) is 11.3 Å². The molecule has 2 aromatic heterocycles. The molecule has 0 aliphatic heterocycles. The van der Waals surface area contributed by atoms with Crippen LogP contribution in [0.1, 0.15) is 29.2 Å². The maximum absolute atomic E-state index is 5.83. The van der Waals surface area contributed by atoms with E-state index >= 15 is 0 Å². The van der Waals surface area contributed by atoms with Gasteiger partial charge in [0.2, 0.25) is 5.13 Å². The Morgan fingerprint density at radius 3 is 2.60 bits per heavy atom. The lowest BCUT2D eigenvalue weighted by Crippen LogP contribution is -2.06. The molecule has 0 bridgehead atoms. The standard InChI is InChI=1S/C9H13N5S/c1-5(10)8-4-11-14(6(8)2)9-13-12-7(3)15-9/h4-5H,10H2,1-3H3. The molecule has 0 fully saturated rings. The lowest BCUT2D eigenvalue weighted by atomic mass is 10.1. The van der Waals surface area contributed by atoms with Gasteiger partial charge in [-0.05, 0) is 20.8 Å². The van der Waals surface area contributed by atoms with Gasteiger partial charge in [-0.3, -0.25) is 0 Å². The van der Waals surface area contributed by atoms with Crippen molar-refractivity contribution in [2.75, 3.05) is 0 Å². The van der Waals surface area contributed by atoms with Crippen molar-refractivity contribution in [3.63, 3.8) is 0 Å². The molecule has 0 aliphatic rings. The van der Waals surface area contributed by atoms with Gasteiger partial charge in [0.15, 0.2) is 0 Å². The molecule has 0 aliphatic carbocycles. The Kier molecular flexibility index (Phi) is 2.54. The number of hydrogen-bond donors (Lipinski definition) is 1. The highest BCUT2D eigenvalue weighted by Crippen LogP contribution is 2.20. The average molecular weight is 223 g/mol. The summed E-state index contributed by atoms with van der Waals surface area (Å²) in [5.74, 6) is 0. The summed E-state index contributed by atoms with van der Waals surface area (Å²) in [6, 6.07) is -0.00670. The summed E-state index contributed by atoms with van der Waals surface area (Å²) in [5.41, 5.74) is 7.90. The van der Waals surface area contributed by atoms with E-state index in [4.69, 9.17) is 5.73 Å². The zero-order valence-electron chi connectivity index (χ0n) is 8.93. The quantitative estimate of drug-likeness (QED) is 0.834. The van der Waals surface area contributed by atoms with Gasteiger partial charge in [0.25, 0.3) is 0 Å². The van der Waals surface area contributed by atoms with Crippen LogP contribution in [0.15, 0.2) is 6.20 Å². The molecule has 0 radical (unpaired) electrons. The summed E-state index contributed by atoms with van der Waals surface area (Å²) in [4.78, 5) is 0. The third-order valence-corrected chi connectivity index (χ3v) is 3.05. The number of hydrogen-bond acceptors (Lipinski definition) is 5. The Balaban J connectivity index is 2.46. The highest BCUT2D eigenvalue weighted by Gasteiger charge is 2.13. The maximum atomic E-state index is 5.83. The normalized spacial score (nSPS) is 13.1. The summed E-state index contributed by atoms with van der Waals surface area (Å²) in [6.45, 7) is 5.86. The number of aromatic nitrogens is 4. The fourth-order valence-electron chi connectivity index (χ4n) is 1.43. The van der Waals surface area contributed by atoms with Crippen LogP contribution in [0.25, 0.3) is 5.13 Å². The van der Waals surface area contributed by atoms with Crippen LogP contribution in [0.5, 0.6) is 0 Å². The second kappa shape index (κ2) is 3.71. The van der Waals surface area contributed by atoms with E-state index in [2.05, 4.69) is 15.3 Å². The maximum Gasteiger partial charge on any atom is 0.233 e. The largest absolute Gasteiger partial charge is 0.324 e. The third kappa shape index (κ3) is 1.78. The van der Waals surface area contributed by atoms with Crippen molar-refractivity contribution in [3.05, 3.63) is 22.5 Å². The highest BCUT2D eigenvalue weighted by molar-refractivity contribution is 7.13. The van der Waals surface area contributed by atoms with Gasteiger partial charge < -0.3 is 5.73 Å². The van der Waals surface area contributed by atoms with Crippen LogP contribution < -0.4 is 5.73 Å². The van der Waals surface area contributed by atoms with Crippen molar-refractivity contribution < 1.29 is 0 Å². The monoisotopic (exact) mass is 223 g/mol. The smallest absolute Gasteiger partial charge is 0.233 e. The number of aryl methyl sites for hydroxylation is 1. The van der Waals surface area contributed by atoms with Crippen molar-refractivity contribution in [2.45, 2.75) is 26.8 Å². The molecule has 0 spiro atoms. The number of rotatable bonds is 2. The van der Waals surface area contributed by atoms with Crippen LogP contribution >= 0.6 is 11.3 Å². The Morgan fingerprint density at radius 1 is 1.40 bits per heavy atom. The van der Waals surface area contributed by atoms with Crippen LogP contribution in [-0.2, 0) is 0 Å². The van der Waals surface area contributed by atoms with E-state index in [1.165, 1.54) is 11.3 Å². The van der Waals surface area contributed by atoms with Crippen LogP contribution in [0.2, 0.25) is 0 Å². The number of nitrogens with two attached hydrogens (primary N) is 1. The lowest BCUT2D eigenvalue weighted by molar-refractivity contribution is 0.788. The van der Waals surface area contributed by atoms with E-state index in [0.717, 1.165) is 21.4 Å². The minimum atomic E-state index is -0.00670. The summed E-state index contributed by atoms with van der Waals surface area (Å²) in [5, 5.41) is 14.0. The van der Waals surface area contributed by atoms with E-state index in [0.29, 0.717) is 0 Å². The molecule has 15 heavy (non-hydrogen) atoms. The number of nitrogens with zero attached hydrogens (tertiary/aromatic N) is 4. The molecule has 2 rings (SSSR count). The topological polar surface area (TPSA) is 69.6 Å². The first-order valence-corrected chi connectivity index (χ1v) is 5.52. The molecule has 80 valence electrons. The summed E-state index contributed by atoms with van der Waals surface area (Å²) >= 11 is 1.52. The summed E-state index contributed by atoms with van der Waals surface area (Å²) in [7, 11) is 0. The molecule has 0 saturated heterocycles. The van der Waals surface area contributed by atoms with Gasteiger partial charge in [0, 0.05) is 17.3 Å². The van der Waals surface area contributed by atoms with Gasteiger partial charge in [0.1, 0.15) is 5.01 Å². The van der Waals surface area contributed by atoms with Gasteiger partial charge in [0.05, 0.1) is 6.20 Å². The molecule has 2 N–H and O–H groups in total. The first-order valence-electron chi connectivity index (χ1n) is 4.70. The van der Waals surface area contributed by atoms with E-state index in [-0.39, 0.29) is 6.04 Å². The minimum absolute atomic E-state index is 0.00670. The molecule has 6 heteroatoms. The zero-order chi connectivity index (χ0) is 11.0. The molecule has 2 aromatic rings. The predicted octanol–water partition coefficient (Wildman–Crippen LogP) is 1.36. The second-order valence-corrected chi connectivity index (χ2v) is 4.65. The van der Waals surface area contributed by atoms with Gasteiger partial charge >= 0.3 is 0 Å². The lowest BCUT2D eigenvalue weighted by Gasteiger charge is -2.03. The third-order valence-electron chi connectivity index (χ3n) is 2.23. The Bertz CT molecular complexity index is 471. The van der Waals surface area contributed by atoms with Crippen molar-refractivity contribution in [1.29, 1.82) is 0 Å². The van der Waals surface area contributed by atoms with Crippen molar-refractivity contribution in [3.8, 4) is 5.13 Å². The molecule has 0 amide bonds. The van der Waals surface area contributed by atoms with Crippen LogP contribution in [-0.4, -0.2) is 20.0 Å². The van der Waals surface area contributed by atoms with E-state index in [1.807, 2.05) is 20.8 Å². The molecule has 5 nitrogen and oxygen atoms in total. The van der Waals surface area contributed by atoms with E-state index in [9.17, 15) is 0 Å². The van der Waals surface area contributed by atoms with Gasteiger partial charge in [-0.25, -0.2) is 4.68 Å². The van der Waals surface area contributed by atoms with Crippen LogP contribution in [0.3, 0.4) is 0 Å². The molecule has 2 heterocycles. The molecule has 1 unspecified atom stereocenters. The average Bonchev–Trinajstić information content (AvgIpc) is 2.71. The second-order valence-electron chi connectivity index (χ2n) is 3.49. The molecule has 1 atom stereocenters. The van der Waals surface area contributed by atoms with Crippen LogP contribution in [0.4, 0.5) is 0 Å². The fourth-order valence-corrected chi connectivity index (χ4v) is 2.13. The zero-order valence-corrected chi connectivity index (χ0v) is 9.75. The van der Waals surface area contributed by atoms with E-state index < -0.39 is 0 Å². The first-order chi connectivity index (χ1) is 7.09. The minimum Gasteiger partial charge on any atom is -0.324 e.